The van der Waals surface area contributed by atoms with Crippen molar-refractivity contribution in [1.29, 1.82) is 0 Å². The van der Waals surface area contributed by atoms with Crippen LogP contribution in [0.5, 0.6) is 0 Å². The van der Waals surface area contributed by atoms with E-state index in [0.717, 1.165) is 18.5 Å². The number of anilines is 1. The molecular weight excluding hydrogens is 284 g/mol. The Labute approximate surface area is 140 Å². The van der Waals surface area contributed by atoms with Crippen molar-refractivity contribution in [2.75, 3.05) is 25.0 Å². The Morgan fingerprint density at radius 2 is 1.96 bits per heavy atom. The van der Waals surface area contributed by atoms with Gasteiger partial charge in [-0.2, -0.15) is 0 Å². The van der Waals surface area contributed by atoms with Gasteiger partial charge in [-0.3, -0.25) is 4.79 Å². The molecule has 2 aliphatic rings. The number of ketones is 1. The fourth-order valence-electron chi connectivity index (χ4n) is 4.47. The molecule has 1 aliphatic carbocycles. The Hall–Kier alpha value is -1.35. The first kappa shape index (κ1) is 16.5. The maximum atomic E-state index is 12.4. The van der Waals surface area contributed by atoms with Crippen molar-refractivity contribution in [3.63, 3.8) is 0 Å². The molecule has 0 radical (unpaired) electrons. The highest BCUT2D eigenvalue weighted by molar-refractivity contribution is 5.98. The summed E-state index contributed by atoms with van der Waals surface area (Å²) in [6.45, 7) is 9.88. The van der Waals surface area contributed by atoms with Gasteiger partial charge < -0.3 is 10.2 Å². The number of nitrogens with one attached hydrogen (secondary N) is 1. The minimum Gasteiger partial charge on any atom is -0.384 e. The van der Waals surface area contributed by atoms with Gasteiger partial charge in [0.25, 0.3) is 0 Å². The zero-order valence-electron chi connectivity index (χ0n) is 14.8. The van der Waals surface area contributed by atoms with Crippen LogP contribution in [0.4, 0.5) is 5.69 Å². The van der Waals surface area contributed by atoms with E-state index in [4.69, 9.17) is 0 Å². The van der Waals surface area contributed by atoms with Gasteiger partial charge in [-0.15, -0.1) is 0 Å². The number of rotatable bonds is 7. The molecule has 0 fully saturated rings. The fraction of sp³-hybridized carbons (Fsp3) is 0.650. The van der Waals surface area contributed by atoms with Crippen LogP contribution in [0.25, 0.3) is 0 Å². The molecule has 0 spiro atoms. The number of hydrogen-bond donors (Lipinski definition) is 1. The summed E-state index contributed by atoms with van der Waals surface area (Å²) < 4.78 is 0. The average molecular weight is 314 g/mol. The van der Waals surface area contributed by atoms with E-state index in [2.05, 4.69) is 36.2 Å². The highest BCUT2D eigenvalue weighted by atomic mass is 16.1. The van der Waals surface area contributed by atoms with Gasteiger partial charge in [-0.05, 0) is 62.0 Å². The Morgan fingerprint density at radius 1 is 1.22 bits per heavy atom. The lowest BCUT2D eigenvalue weighted by Crippen LogP contribution is -2.41. The zero-order chi connectivity index (χ0) is 16.4. The van der Waals surface area contributed by atoms with Crippen LogP contribution in [-0.2, 0) is 6.42 Å². The van der Waals surface area contributed by atoms with E-state index in [1.54, 1.807) is 0 Å². The molecule has 0 bridgehead atoms. The summed E-state index contributed by atoms with van der Waals surface area (Å²) in [5.74, 6) is 0.881. The van der Waals surface area contributed by atoms with E-state index >= 15 is 0 Å². The number of Topliss-reactive ketones (excluding diaryl/α,β-unsaturated/α-hetero) is 1. The zero-order valence-corrected chi connectivity index (χ0v) is 14.8. The second kappa shape index (κ2) is 7.04. The molecule has 23 heavy (non-hydrogen) atoms. The first-order valence-electron chi connectivity index (χ1n) is 9.36. The quantitative estimate of drug-likeness (QED) is 0.765. The molecule has 1 aliphatic heterocycles. The van der Waals surface area contributed by atoms with Crippen molar-refractivity contribution < 1.29 is 4.79 Å². The van der Waals surface area contributed by atoms with Gasteiger partial charge in [-0.25, -0.2) is 0 Å². The van der Waals surface area contributed by atoms with Gasteiger partial charge in [0.15, 0.2) is 5.78 Å². The molecule has 0 saturated heterocycles. The average Bonchev–Trinajstić information content (AvgIpc) is 2.98. The monoisotopic (exact) mass is 314 g/mol. The number of carbonyl (C=O) groups excluding carboxylic acids is 1. The summed E-state index contributed by atoms with van der Waals surface area (Å²) >= 11 is 0. The Kier molecular flexibility index (Phi) is 5.05. The van der Waals surface area contributed by atoms with Gasteiger partial charge >= 0.3 is 0 Å². The molecule has 1 aromatic rings. The lowest BCUT2D eigenvalue weighted by atomic mass is 9.77. The number of benzene rings is 1. The summed E-state index contributed by atoms with van der Waals surface area (Å²) in [7, 11) is 0. The normalized spacial score (nSPS) is 22.1. The third kappa shape index (κ3) is 3.03. The van der Waals surface area contributed by atoms with Crippen LogP contribution >= 0.6 is 0 Å². The van der Waals surface area contributed by atoms with Crippen LogP contribution in [0.2, 0.25) is 0 Å². The van der Waals surface area contributed by atoms with E-state index in [0.29, 0.717) is 24.2 Å². The lowest BCUT2D eigenvalue weighted by molar-refractivity contribution is 0.0985. The summed E-state index contributed by atoms with van der Waals surface area (Å²) in [6.07, 6.45) is 5.28. The van der Waals surface area contributed by atoms with Gasteiger partial charge in [0.1, 0.15) is 0 Å². The first-order chi connectivity index (χ1) is 11.2. The van der Waals surface area contributed by atoms with Crippen LogP contribution in [0, 0.1) is 0 Å². The van der Waals surface area contributed by atoms with Crippen LogP contribution in [0.15, 0.2) is 12.1 Å². The predicted molar refractivity (Wildman–Crippen MR) is 96.6 cm³/mol. The van der Waals surface area contributed by atoms with E-state index in [1.165, 1.54) is 49.2 Å². The molecule has 3 rings (SSSR count). The summed E-state index contributed by atoms with van der Waals surface area (Å²) in [5, 5.41) is 3.56. The minimum absolute atomic E-state index is 0.298. The Morgan fingerprint density at radius 3 is 2.61 bits per heavy atom. The predicted octanol–water partition coefficient (Wildman–Crippen LogP) is 4.23. The molecule has 3 heteroatoms. The van der Waals surface area contributed by atoms with Crippen LogP contribution < -0.4 is 5.32 Å². The largest absolute Gasteiger partial charge is 0.384 e. The SMILES string of the molecule is CCCN(CCC)[C@@H]1Cc2c(C(=O)CC)ccc3c2[C@H](CN3)C1. The summed E-state index contributed by atoms with van der Waals surface area (Å²) in [5.41, 5.74) is 5.05. The molecule has 126 valence electrons. The number of hydrogen-bond acceptors (Lipinski definition) is 3. The van der Waals surface area contributed by atoms with Crippen LogP contribution in [0.3, 0.4) is 0 Å². The number of carbonyl (C=O) groups is 1. The Bertz CT molecular complexity index is 575. The molecule has 1 N–H and O–H groups in total. The minimum atomic E-state index is 0.298. The van der Waals surface area contributed by atoms with Gasteiger partial charge in [-0.1, -0.05) is 20.8 Å². The van der Waals surface area contributed by atoms with Crippen molar-refractivity contribution in [3.8, 4) is 0 Å². The second-order valence-electron chi connectivity index (χ2n) is 7.04. The summed E-state index contributed by atoms with van der Waals surface area (Å²) in [4.78, 5) is 15.1. The van der Waals surface area contributed by atoms with Gasteiger partial charge in [0.2, 0.25) is 0 Å². The van der Waals surface area contributed by atoms with Crippen molar-refractivity contribution in [2.24, 2.45) is 0 Å². The Balaban J connectivity index is 1.95. The molecule has 1 heterocycles. The molecule has 0 aromatic heterocycles. The lowest BCUT2D eigenvalue weighted by Gasteiger charge is -2.37. The maximum absolute atomic E-state index is 12.4. The molecule has 1 aromatic carbocycles. The molecule has 0 amide bonds. The molecule has 0 saturated carbocycles. The highest BCUT2D eigenvalue weighted by Crippen LogP contribution is 2.44. The number of nitrogens with zero attached hydrogens (tertiary/aromatic N) is 1. The maximum Gasteiger partial charge on any atom is 0.162 e. The topological polar surface area (TPSA) is 32.3 Å². The van der Waals surface area contributed by atoms with E-state index < -0.39 is 0 Å². The van der Waals surface area contributed by atoms with Crippen molar-refractivity contribution in [3.05, 3.63) is 28.8 Å². The standard InChI is InChI=1S/C20H30N2O/c1-4-9-22(10-5-2)15-11-14-13-21-18-8-7-16(19(23)6-3)17(12-15)20(14)18/h7-8,14-15,21H,4-6,9-13H2,1-3H3/t14-,15-/m0/s1. The third-order valence-corrected chi connectivity index (χ3v) is 5.46. The van der Waals surface area contributed by atoms with Crippen molar-refractivity contribution in [2.45, 2.75) is 64.8 Å². The van der Waals surface area contributed by atoms with E-state index in [1.807, 2.05) is 6.92 Å². The smallest absolute Gasteiger partial charge is 0.162 e. The van der Waals surface area contributed by atoms with Crippen molar-refractivity contribution >= 4 is 11.5 Å². The highest BCUT2D eigenvalue weighted by Gasteiger charge is 2.36. The van der Waals surface area contributed by atoms with E-state index in [-0.39, 0.29) is 0 Å². The molecule has 0 unspecified atom stereocenters. The van der Waals surface area contributed by atoms with Gasteiger partial charge in [0, 0.05) is 36.2 Å². The molecule has 3 nitrogen and oxygen atoms in total. The molecule has 2 atom stereocenters. The second-order valence-corrected chi connectivity index (χ2v) is 7.04. The molecular formula is C20H30N2O. The van der Waals surface area contributed by atoms with Gasteiger partial charge in [0.05, 0.1) is 0 Å². The fourth-order valence-corrected chi connectivity index (χ4v) is 4.47. The van der Waals surface area contributed by atoms with Crippen LogP contribution in [-0.4, -0.2) is 36.4 Å². The van der Waals surface area contributed by atoms with E-state index in [9.17, 15) is 4.79 Å². The summed E-state index contributed by atoms with van der Waals surface area (Å²) in [6, 6.07) is 4.77. The third-order valence-electron chi connectivity index (χ3n) is 5.46. The van der Waals surface area contributed by atoms with Crippen molar-refractivity contribution in [1.82, 2.24) is 4.90 Å². The first-order valence-corrected chi connectivity index (χ1v) is 9.36. The van der Waals surface area contributed by atoms with Crippen LogP contribution in [0.1, 0.15) is 73.9 Å².